The third-order valence-electron chi connectivity index (χ3n) is 7.12. The number of alkyl halides is 2. The Labute approximate surface area is 185 Å². The standard InChI is InChI=1S/C24H25F2N5O/c1-14(17-4-3-5-20-18(17)6-7-24(20,25)26)28-22-19-8-16(9-27-21(19)15(2)29-30-22)31-10-23(11-31)12-32-13-23/h3-5,8-9,14H,6-7,10-13H2,1-2H3,(H,28,30)/t14-/m1/s1. The van der Waals surface area contributed by atoms with Crippen molar-refractivity contribution in [3.8, 4) is 0 Å². The number of ether oxygens (including phenoxy) is 1. The Morgan fingerprint density at radius 1 is 1.19 bits per heavy atom. The minimum absolute atomic E-state index is 0.130. The fraction of sp³-hybridized carbons (Fsp3) is 0.458. The summed E-state index contributed by atoms with van der Waals surface area (Å²) in [6.07, 6.45) is 2.15. The number of pyridine rings is 1. The van der Waals surface area contributed by atoms with Crippen LogP contribution in [0.4, 0.5) is 20.3 Å². The smallest absolute Gasteiger partial charge is 0.273 e. The number of halogens is 2. The van der Waals surface area contributed by atoms with Crippen molar-refractivity contribution in [2.45, 2.75) is 38.7 Å². The molecule has 166 valence electrons. The zero-order valence-corrected chi connectivity index (χ0v) is 18.2. The Hall–Kier alpha value is -2.87. The summed E-state index contributed by atoms with van der Waals surface area (Å²) in [5.41, 5.74) is 4.70. The minimum Gasteiger partial charge on any atom is -0.380 e. The number of nitrogens with zero attached hydrogens (tertiary/aromatic N) is 4. The van der Waals surface area contributed by atoms with Crippen molar-refractivity contribution < 1.29 is 13.5 Å². The fourth-order valence-electron chi connectivity index (χ4n) is 5.28. The van der Waals surface area contributed by atoms with E-state index < -0.39 is 5.92 Å². The van der Waals surface area contributed by atoms with Crippen molar-refractivity contribution in [1.82, 2.24) is 15.2 Å². The van der Waals surface area contributed by atoms with Gasteiger partial charge in [0.05, 0.1) is 47.8 Å². The summed E-state index contributed by atoms with van der Waals surface area (Å²) in [5, 5.41) is 13.0. The molecule has 6 nitrogen and oxygen atoms in total. The second-order valence-corrected chi connectivity index (χ2v) is 9.52. The second kappa shape index (κ2) is 6.81. The van der Waals surface area contributed by atoms with Gasteiger partial charge in [-0.3, -0.25) is 4.98 Å². The SMILES string of the molecule is Cc1nnc(N[C@H](C)c2cccc3c2CCC3(F)F)c2cc(N3CC4(COC4)C3)cnc12. The maximum absolute atomic E-state index is 14.2. The molecular weight excluding hydrogens is 412 g/mol. The van der Waals surface area contributed by atoms with Crippen LogP contribution in [-0.4, -0.2) is 41.5 Å². The highest BCUT2D eigenvalue weighted by atomic mass is 19.3. The average Bonchev–Trinajstić information content (AvgIpc) is 3.03. The number of rotatable bonds is 4. The molecule has 0 saturated carbocycles. The predicted molar refractivity (Wildman–Crippen MR) is 118 cm³/mol. The first-order valence-corrected chi connectivity index (χ1v) is 11.1. The molecule has 3 aliphatic rings. The van der Waals surface area contributed by atoms with Crippen molar-refractivity contribution >= 4 is 22.4 Å². The van der Waals surface area contributed by atoms with E-state index in [2.05, 4.69) is 31.5 Å². The van der Waals surface area contributed by atoms with Crippen molar-refractivity contribution in [1.29, 1.82) is 0 Å². The Balaban J connectivity index is 1.33. The summed E-state index contributed by atoms with van der Waals surface area (Å²) in [7, 11) is 0. The highest BCUT2D eigenvalue weighted by Crippen LogP contribution is 2.44. The van der Waals surface area contributed by atoms with Crippen LogP contribution in [0.25, 0.3) is 10.9 Å². The van der Waals surface area contributed by atoms with Crippen LogP contribution < -0.4 is 10.2 Å². The van der Waals surface area contributed by atoms with Gasteiger partial charge >= 0.3 is 0 Å². The average molecular weight is 437 g/mol. The van der Waals surface area contributed by atoms with Crippen LogP contribution in [0.2, 0.25) is 0 Å². The molecule has 4 heterocycles. The Kier molecular flexibility index (Phi) is 4.21. The summed E-state index contributed by atoms with van der Waals surface area (Å²) in [6.45, 7) is 7.49. The van der Waals surface area contributed by atoms with Gasteiger partial charge in [-0.05, 0) is 37.5 Å². The highest BCUT2D eigenvalue weighted by molar-refractivity contribution is 5.92. The van der Waals surface area contributed by atoms with Crippen LogP contribution in [0, 0.1) is 12.3 Å². The topological polar surface area (TPSA) is 63.2 Å². The normalized spacial score (nSPS) is 21.2. The van der Waals surface area contributed by atoms with Crippen molar-refractivity contribution in [2.75, 3.05) is 36.5 Å². The maximum Gasteiger partial charge on any atom is 0.273 e. The third-order valence-corrected chi connectivity index (χ3v) is 7.12. The lowest BCUT2D eigenvalue weighted by Crippen LogP contribution is -2.66. The molecule has 1 N–H and O–H groups in total. The second-order valence-electron chi connectivity index (χ2n) is 9.52. The molecule has 0 bridgehead atoms. The van der Waals surface area contributed by atoms with Crippen LogP contribution in [0.1, 0.15) is 41.8 Å². The van der Waals surface area contributed by atoms with E-state index in [9.17, 15) is 8.78 Å². The van der Waals surface area contributed by atoms with E-state index in [-0.39, 0.29) is 18.0 Å². The maximum atomic E-state index is 14.2. The lowest BCUT2D eigenvalue weighted by Gasteiger charge is -2.55. The van der Waals surface area contributed by atoms with Crippen LogP contribution in [0.5, 0.6) is 0 Å². The first-order chi connectivity index (χ1) is 15.4. The lowest BCUT2D eigenvalue weighted by atomic mass is 9.78. The molecule has 1 aromatic carbocycles. The van der Waals surface area contributed by atoms with Gasteiger partial charge < -0.3 is 15.0 Å². The number of hydrogen-bond donors (Lipinski definition) is 1. The summed E-state index contributed by atoms with van der Waals surface area (Å²) in [6, 6.07) is 7.10. The molecule has 2 aliphatic heterocycles. The van der Waals surface area contributed by atoms with Gasteiger partial charge in [-0.25, -0.2) is 8.78 Å². The number of hydrogen-bond acceptors (Lipinski definition) is 6. The molecular formula is C24H25F2N5O. The number of aryl methyl sites for hydroxylation is 1. The zero-order chi connectivity index (χ0) is 22.1. The van der Waals surface area contributed by atoms with E-state index in [0.29, 0.717) is 17.7 Å². The van der Waals surface area contributed by atoms with Gasteiger partial charge in [-0.15, -0.1) is 5.10 Å². The van der Waals surface area contributed by atoms with Crippen LogP contribution >= 0.6 is 0 Å². The summed E-state index contributed by atoms with van der Waals surface area (Å²) < 4.78 is 33.9. The molecule has 8 heteroatoms. The van der Waals surface area contributed by atoms with Gasteiger partial charge in [0.1, 0.15) is 0 Å². The largest absolute Gasteiger partial charge is 0.380 e. The van der Waals surface area contributed by atoms with Crippen LogP contribution in [0.15, 0.2) is 30.5 Å². The van der Waals surface area contributed by atoms with Gasteiger partial charge in [-0.2, -0.15) is 5.10 Å². The molecule has 32 heavy (non-hydrogen) atoms. The number of benzene rings is 1. The first-order valence-electron chi connectivity index (χ1n) is 11.1. The van der Waals surface area contributed by atoms with Gasteiger partial charge in [-0.1, -0.05) is 18.2 Å². The summed E-state index contributed by atoms with van der Waals surface area (Å²) >= 11 is 0. The van der Waals surface area contributed by atoms with Crippen molar-refractivity contribution in [3.63, 3.8) is 0 Å². The van der Waals surface area contributed by atoms with E-state index in [1.807, 2.05) is 26.1 Å². The number of fused-ring (bicyclic) bond motifs is 2. The van der Waals surface area contributed by atoms with Crippen LogP contribution in [0.3, 0.4) is 0 Å². The van der Waals surface area contributed by atoms with E-state index >= 15 is 0 Å². The Bertz CT molecular complexity index is 1220. The molecule has 1 spiro atoms. The van der Waals surface area contributed by atoms with Gasteiger partial charge in [0.25, 0.3) is 5.92 Å². The van der Waals surface area contributed by atoms with Gasteiger partial charge in [0.15, 0.2) is 5.82 Å². The zero-order valence-electron chi connectivity index (χ0n) is 18.2. The Morgan fingerprint density at radius 3 is 2.75 bits per heavy atom. The van der Waals surface area contributed by atoms with Crippen molar-refractivity contribution in [3.05, 3.63) is 52.8 Å². The Morgan fingerprint density at radius 2 is 2.00 bits per heavy atom. The minimum atomic E-state index is -2.75. The van der Waals surface area contributed by atoms with Gasteiger partial charge in [0.2, 0.25) is 0 Å². The van der Waals surface area contributed by atoms with E-state index in [4.69, 9.17) is 4.74 Å². The lowest BCUT2D eigenvalue weighted by molar-refractivity contribution is -0.127. The third kappa shape index (κ3) is 2.96. The van der Waals surface area contributed by atoms with Gasteiger partial charge in [0, 0.05) is 30.5 Å². The van der Waals surface area contributed by atoms with E-state index in [0.717, 1.165) is 59.7 Å². The number of aromatic nitrogens is 3. The fourth-order valence-corrected chi connectivity index (χ4v) is 5.28. The van der Waals surface area contributed by atoms with Crippen LogP contribution in [-0.2, 0) is 17.1 Å². The van der Waals surface area contributed by atoms with E-state index in [1.54, 1.807) is 12.1 Å². The quantitative estimate of drug-likeness (QED) is 0.654. The molecule has 3 aromatic rings. The molecule has 2 fully saturated rings. The number of anilines is 2. The molecule has 0 amide bonds. The van der Waals surface area contributed by atoms with E-state index in [1.165, 1.54) is 0 Å². The molecule has 1 atom stereocenters. The molecule has 2 aromatic heterocycles. The molecule has 0 unspecified atom stereocenters. The molecule has 0 radical (unpaired) electrons. The highest BCUT2D eigenvalue weighted by Gasteiger charge is 2.49. The molecule has 6 rings (SSSR count). The molecule has 1 aliphatic carbocycles. The summed E-state index contributed by atoms with van der Waals surface area (Å²) in [4.78, 5) is 6.99. The molecule has 2 saturated heterocycles. The first kappa shape index (κ1) is 19.8. The monoisotopic (exact) mass is 437 g/mol. The predicted octanol–water partition coefficient (Wildman–Crippen LogP) is 4.38. The summed E-state index contributed by atoms with van der Waals surface area (Å²) in [5.74, 6) is -2.13. The van der Waals surface area contributed by atoms with Crippen molar-refractivity contribution in [2.24, 2.45) is 5.41 Å². The number of nitrogens with one attached hydrogen (secondary N) is 1.